The van der Waals surface area contributed by atoms with Crippen LogP contribution in [0, 0.1) is 30.9 Å². The number of rotatable bonds is 5. The fraction of sp³-hybridized carbons (Fsp3) is 0.167. The van der Waals surface area contributed by atoms with Crippen LogP contribution in [0.25, 0.3) is 5.82 Å². The lowest BCUT2D eigenvalue weighted by Crippen LogP contribution is -2.17. The van der Waals surface area contributed by atoms with E-state index in [-0.39, 0.29) is 11.3 Å². The molecule has 0 saturated heterocycles. The normalized spacial score (nSPS) is 11.1. The van der Waals surface area contributed by atoms with Crippen LogP contribution in [0.15, 0.2) is 46.0 Å². The van der Waals surface area contributed by atoms with E-state index in [0.717, 1.165) is 17.0 Å². The van der Waals surface area contributed by atoms with E-state index in [1.165, 1.54) is 30.5 Å². The number of benzene rings is 1. The van der Waals surface area contributed by atoms with E-state index in [4.69, 9.17) is 4.52 Å². The van der Waals surface area contributed by atoms with E-state index >= 15 is 0 Å². The standard InChI is InChI=1S/C18H17N5O4/c1-11-7-15(13(3)22(11)17-8-12(2)27-21-17)10-19-20-18(24)14-5-4-6-16(9-14)23(25)26/h4-10H,1-3H3,(H,20,24)/b19-10-. The fourth-order valence-corrected chi connectivity index (χ4v) is 2.72. The number of nitrogens with one attached hydrogen (secondary N) is 1. The van der Waals surface area contributed by atoms with Crippen LogP contribution in [0.4, 0.5) is 5.69 Å². The van der Waals surface area contributed by atoms with E-state index in [9.17, 15) is 14.9 Å². The molecule has 3 aromatic rings. The van der Waals surface area contributed by atoms with Crippen molar-refractivity contribution in [3.05, 3.63) is 74.8 Å². The highest BCUT2D eigenvalue weighted by molar-refractivity contribution is 5.95. The summed E-state index contributed by atoms with van der Waals surface area (Å²) in [6.45, 7) is 5.65. The summed E-state index contributed by atoms with van der Waals surface area (Å²) in [6.07, 6.45) is 1.51. The van der Waals surface area contributed by atoms with Crippen LogP contribution < -0.4 is 5.43 Å². The zero-order chi connectivity index (χ0) is 19.6. The molecule has 0 atom stereocenters. The van der Waals surface area contributed by atoms with Gasteiger partial charge in [-0.15, -0.1) is 0 Å². The highest BCUT2D eigenvalue weighted by atomic mass is 16.6. The Bertz CT molecular complexity index is 1050. The van der Waals surface area contributed by atoms with Gasteiger partial charge >= 0.3 is 0 Å². The first-order valence-electron chi connectivity index (χ1n) is 8.07. The summed E-state index contributed by atoms with van der Waals surface area (Å²) in [4.78, 5) is 22.4. The Hall–Kier alpha value is -3.75. The number of carbonyl (C=O) groups excluding carboxylic acids is 1. The van der Waals surface area contributed by atoms with Gasteiger partial charge in [-0.3, -0.25) is 19.5 Å². The summed E-state index contributed by atoms with van der Waals surface area (Å²) < 4.78 is 7.03. The van der Waals surface area contributed by atoms with Crippen LogP contribution in [-0.2, 0) is 0 Å². The molecule has 1 amide bonds. The molecule has 0 bridgehead atoms. The molecule has 138 valence electrons. The molecule has 1 N–H and O–H groups in total. The topological polar surface area (TPSA) is 116 Å². The van der Waals surface area contributed by atoms with Crippen LogP contribution in [-0.4, -0.2) is 26.8 Å². The van der Waals surface area contributed by atoms with Gasteiger partial charge in [-0.05, 0) is 32.9 Å². The van der Waals surface area contributed by atoms with Gasteiger partial charge in [0.05, 0.1) is 11.1 Å². The summed E-state index contributed by atoms with van der Waals surface area (Å²) in [5.41, 5.74) is 5.00. The van der Waals surface area contributed by atoms with Gasteiger partial charge in [-0.2, -0.15) is 5.10 Å². The van der Waals surface area contributed by atoms with E-state index in [1.54, 1.807) is 0 Å². The van der Waals surface area contributed by atoms with Gasteiger partial charge in [0.25, 0.3) is 11.6 Å². The van der Waals surface area contributed by atoms with Crippen molar-refractivity contribution in [1.82, 2.24) is 15.1 Å². The van der Waals surface area contributed by atoms with Crippen molar-refractivity contribution in [2.45, 2.75) is 20.8 Å². The third-order valence-corrected chi connectivity index (χ3v) is 4.00. The largest absolute Gasteiger partial charge is 0.360 e. The molecule has 2 heterocycles. The molecule has 27 heavy (non-hydrogen) atoms. The van der Waals surface area contributed by atoms with Crippen molar-refractivity contribution in [3.8, 4) is 5.82 Å². The number of aryl methyl sites for hydroxylation is 2. The maximum Gasteiger partial charge on any atom is 0.271 e. The minimum Gasteiger partial charge on any atom is -0.360 e. The van der Waals surface area contributed by atoms with Crippen molar-refractivity contribution < 1.29 is 14.2 Å². The Morgan fingerprint density at radius 3 is 2.74 bits per heavy atom. The number of amides is 1. The molecule has 0 radical (unpaired) electrons. The molecule has 0 unspecified atom stereocenters. The predicted molar refractivity (Wildman–Crippen MR) is 98.2 cm³/mol. The second-order valence-corrected chi connectivity index (χ2v) is 5.96. The Morgan fingerprint density at radius 1 is 1.30 bits per heavy atom. The molecule has 9 heteroatoms. The number of carbonyl (C=O) groups is 1. The minimum atomic E-state index is -0.555. The minimum absolute atomic E-state index is 0.155. The van der Waals surface area contributed by atoms with Crippen LogP contribution in [0.3, 0.4) is 0 Å². The number of nitro benzene ring substituents is 1. The molecule has 9 nitrogen and oxygen atoms in total. The van der Waals surface area contributed by atoms with Gasteiger partial charge in [-0.1, -0.05) is 11.2 Å². The van der Waals surface area contributed by atoms with Crippen molar-refractivity contribution in [2.75, 3.05) is 0 Å². The molecule has 1 aromatic carbocycles. The first kappa shape index (κ1) is 18.1. The number of hydrogen-bond donors (Lipinski definition) is 1. The lowest BCUT2D eigenvalue weighted by molar-refractivity contribution is -0.384. The van der Waals surface area contributed by atoms with Gasteiger partial charge in [0.15, 0.2) is 5.82 Å². The summed E-state index contributed by atoms with van der Waals surface area (Å²) in [5, 5.41) is 18.8. The number of nitrogens with zero attached hydrogens (tertiary/aromatic N) is 4. The second-order valence-electron chi connectivity index (χ2n) is 5.96. The average molecular weight is 367 g/mol. The number of nitro groups is 1. The Morgan fingerprint density at radius 2 is 2.07 bits per heavy atom. The van der Waals surface area contributed by atoms with E-state index in [1.807, 2.05) is 37.5 Å². The zero-order valence-corrected chi connectivity index (χ0v) is 15.0. The van der Waals surface area contributed by atoms with Gasteiger partial charge in [0.1, 0.15) is 5.76 Å². The monoisotopic (exact) mass is 367 g/mol. The maximum absolute atomic E-state index is 12.1. The molecule has 0 fully saturated rings. The number of non-ortho nitro benzene ring substituents is 1. The fourth-order valence-electron chi connectivity index (χ4n) is 2.72. The molecular formula is C18H17N5O4. The van der Waals surface area contributed by atoms with E-state index in [0.29, 0.717) is 11.6 Å². The molecule has 0 aliphatic carbocycles. The lowest BCUT2D eigenvalue weighted by atomic mass is 10.2. The Labute approximate surface area is 154 Å². The Kier molecular flexibility index (Phi) is 4.84. The first-order chi connectivity index (χ1) is 12.9. The SMILES string of the molecule is Cc1cc(-n2c(C)cc(/C=N\NC(=O)c3cccc([N+](=O)[O-])c3)c2C)no1. The molecule has 0 spiro atoms. The molecule has 3 rings (SSSR count). The van der Waals surface area contributed by atoms with Gasteiger partial charge in [0, 0.05) is 40.7 Å². The van der Waals surface area contributed by atoms with E-state index < -0.39 is 10.8 Å². The number of hydrazone groups is 1. The summed E-state index contributed by atoms with van der Waals surface area (Å²) in [7, 11) is 0. The van der Waals surface area contributed by atoms with Gasteiger partial charge < -0.3 is 4.52 Å². The molecule has 0 aliphatic rings. The van der Waals surface area contributed by atoms with Crippen LogP contribution >= 0.6 is 0 Å². The number of aromatic nitrogens is 2. The third kappa shape index (κ3) is 3.76. The zero-order valence-electron chi connectivity index (χ0n) is 15.0. The molecule has 2 aromatic heterocycles. The van der Waals surface area contributed by atoms with Gasteiger partial charge in [-0.25, -0.2) is 5.43 Å². The molecule has 0 saturated carbocycles. The van der Waals surface area contributed by atoms with E-state index in [2.05, 4.69) is 15.7 Å². The quantitative estimate of drug-likeness (QED) is 0.423. The summed E-state index contributed by atoms with van der Waals surface area (Å²) >= 11 is 0. The first-order valence-corrected chi connectivity index (χ1v) is 8.07. The highest BCUT2D eigenvalue weighted by Gasteiger charge is 2.13. The summed E-state index contributed by atoms with van der Waals surface area (Å²) in [5.74, 6) is 0.843. The second kappa shape index (κ2) is 7.24. The highest BCUT2D eigenvalue weighted by Crippen LogP contribution is 2.19. The van der Waals surface area contributed by atoms with Crippen LogP contribution in [0.5, 0.6) is 0 Å². The summed E-state index contributed by atoms with van der Waals surface area (Å²) in [6, 6.07) is 9.18. The van der Waals surface area contributed by atoms with Crippen LogP contribution in [0.2, 0.25) is 0 Å². The van der Waals surface area contributed by atoms with Crippen molar-refractivity contribution in [3.63, 3.8) is 0 Å². The lowest BCUT2D eigenvalue weighted by Gasteiger charge is -2.03. The van der Waals surface area contributed by atoms with Crippen molar-refractivity contribution in [2.24, 2.45) is 5.10 Å². The average Bonchev–Trinajstić information content (AvgIpc) is 3.17. The molecular weight excluding hydrogens is 350 g/mol. The molecule has 0 aliphatic heterocycles. The number of hydrogen-bond acceptors (Lipinski definition) is 6. The maximum atomic E-state index is 12.1. The smallest absolute Gasteiger partial charge is 0.271 e. The van der Waals surface area contributed by atoms with Crippen LogP contribution in [0.1, 0.15) is 33.1 Å². The Balaban J connectivity index is 1.76. The van der Waals surface area contributed by atoms with Crippen molar-refractivity contribution in [1.29, 1.82) is 0 Å². The van der Waals surface area contributed by atoms with Crippen molar-refractivity contribution >= 4 is 17.8 Å². The van der Waals surface area contributed by atoms with Gasteiger partial charge in [0.2, 0.25) is 0 Å². The third-order valence-electron chi connectivity index (χ3n) is 4.00. The predicted octanol–water partition coefficient (Wildman–Crippen LogP) is 3.06.